The molecule has 0 aliphatic rings. The summed E-state index contributed by atoms with van der Waals surface area (Å²) in [5, 5.41) is 7.61. The highest BCUT2D eigenvalue weighted by molar-refractivity contribution is 5.94. The van der Waals surface area contributed by atoms with E-state index in [4.69, 9.17) is 14.2 Å². The summed E-state index contributed by atoms with van der Waals surface area (Å²) in [6.45, 7) is 8.24. The Morgan fingerprint density at radius 2 is 1.75 bits per heavy atom. The van der Waals surface area contributed by atoms with Crippen LogP contribution in [-0.2, 0) is 27.4 Å². The van der Waals surface area contributed by atoms with Crippen molar-refractivity contribution in [2.45, 2.75) is 46.5 Å². The van der Waals surface area contributed by atoms with Crippen molar-refractivity contribution in [2.75, 3.05) is 18.5 Å². The molecule has 0 spiro atoms. The molecule has 32 heavy (non-hydrogen) atoms. The summed E-state index contributed by atoms with van der Waals surface area (Å²) in [7, 11) is 0. The molecule has 0 bridgehead atoms. The topological polar surface area (TPSA) is 105 Å². The third-order valence-electron chi connectivity index (χ3n) is 4.29. The summed E-state index contributed by atoms with van der Waals surface area (Å²) < 4.78 is 17.8. The van der Waals surface area contributed by atoms with Crippen molar-refractivity contribution in [3.8, 4) is 0 Å². The van der Waals surface area contributed by atoms with Crippen LogP contribution in [0.4, 0.5) is 10.6 Å². The van der Waals surface area contributed by atoms with Crippen LogP contribution >= 0.6 is 0 Å². The molecular weight excluding hydrogens is 412 g/mol. The summed E-state index contributed by atoms with van der Waals surface area (Å²) in [5.74, 6) is 0.0457. The summed E-state index contributed by atoms with van der Waals surface area (Å²) in [5.41, 5.74) is 1.56. The normalized spacial score (nSPS) is 11.5. The van der Waals surface area contributed by atoms with Crippen molar-refractivity contribution < 1.29 is 23.8 Å². The van der Waals surface area contributed by atoms with Gasteiger partial charge in [-0.05, 0) is 32.4 Å². The lowest BCUT2D eigenvalue weighted by atomic mass is 10.2. The smallest absolute Gasteiger partial charge is 0.413 e. The minimum atomic E-state index is -0.630. The van der Waals surface area contributed by atoms with Gasteiger partial charge < -0.3 is 14.2 Å². The number of carbonyl (C=O) groups excluding carboxylic acids is 2. The maximum atomic E-state index is 12.1. The van der Waals surface area contributed by atoms with Crippen LogP contribution < -0.4 is 5.32 Å². The van der Waals surface area contributed by atoms with E-state index < -0.39 is 11.7 Å². The maximum absolute atomic E-state index is 12.1. The number of carbonyl (C=O) groups is 2. The van der Waals surface area contributed by atoms with Gasteiger partial charge in [-0.1, -0.05) is 30.3 Å². The van der Waals surface area contributed by atoms with Crippen molar-refractivity contribution in [2.24, 2.45) is 0 Å². The molecule has 9 nitrogen and oxygen atoms in total. The van der Waals surface area contributed by atoms with E-state index >= 15 is 0 Å². The van der Waals surface area contributed by atoms with E-state index in [2.05, 4.69) is 15.4 Å². The van der Waals surface area contributed by atoms with E-state index in [1.165, 1.54) is 17.8 Å². The standard InChI is InChI=1S/C23H28N4O5/c1-16(28)27-20-13-24-21(25-22(29)32-23(2,3)4)12-18(20)19(26-27)15-31-11-10-30-14-17-8-6-5-7-9-17/h5-9,12-13H,10-11,14-15H2,1-4H3,(H,24,25,29). The molecule has 1 amide bonds. The van der Waals surface area contributed by atoms with Gasteiger partial charge in [0.25, 0.3) is 0 Å². The van der Waals surface area contributed by atoms with E-state index in [-0.39, 0.29) is 12.5 Å². The number of fused-ring (bicyclic) bond motifs is 1. The minimum absolute atomic E-state index is 0.182. The second kappa shape index (κ2) is 10.3. The van der Waals surface area contributed by atoms with Crippen LogP contribution in [0.15, 0.2) is 42.6 Å². The molecule has 1 N–H and O–H groups in total. The van der Waals surface area contributed by atoms with E-state index in [1.54, 1.807) is 26.8 Å². The molecule has 0 radical (unpaired) electrons. The fourth-order valence-electron chi connectivity index (χ4n) is 2.95. The summed E-state index contributed by atoms with van der Waals surface area (Å²) in [6.07, 6.45) is 0.875. The second-order valence-corrected chi connectivity index (χ2v) is 8.18. The Morgan fingerprint density at radius 3 is 2.41 bits per heavy atom. The maximum Gasteiger partial charge on any atom is 0.413 e. The SMILES string of the molecule is CC(=O)n1nc(COCCOCc2ccccc2)c2cc(NC(=O)OC(C)(C)C)ncc21. The predicted molar refractivity (Wildman–Crippen MR) is 119 cm³/mol. The fourth-order valence-corrected chi connectivity index (χ4v) is 2.95. The molecule has 1 aromatic carbocycles. The number of anilines is 1. The van der Waals surface area contributed by atoms with Crippen LogP contribution in [0, 0.1) is 0 Å². The predicted octanol–water partition coefficient (Wildman–Crippen LogP) is 4.17. The van der Waals surface area contributed by atoms with Crippen LogP contribution in [0.25, 0.3) is 10.9 Å². The van der Waals surface area contributed by atoms with Crippen LogP contribution in [-0.4, -0.2) is 45.6 Å². The number of amides is 1. The first-order chi connectivity index (χ1) is 15.2. The van der Waals surface area contributed by atoms with Gasteiger partial charge in [0.05, 0.1) is 43.8 Å². The van der Waals surface area contributed by atoms with Gasteiger partial charge in [-0.2, -0.15) is 9.78 Å². The van der Waals surface area contributed by atoms with Crippen molar-refractivity contribution in [3.05, 3.63) is 53.9 Å². The molecule has 0 fully saturated rings. The first kappa shape index (κ1) is 23.4. The van der Waals surface area contributed by atoms with Crippen molar-refractivity contribution >= 4 is 28.7 Å². The van der Waals surface area contributed by atoms with Gasteiger partial charge in [0.15, 0.2) is 0 Å². The van der Waals surface area contributed by atoms with E-state index in [9.17, 15) is 9.59 Å². The zero-order valence-corrected chi connectivity index (χ0v) is 18.8. The number of nitrogens with one attached hydrogen (secondary N) is 1. The Morgan fingerprint density at radius 1 is 1.06 bits per heavy atom. The lowest BCUT2D eigenvalue weighted by Crippen LogP contribution is -2.27. The number of nitrogens with zero attached hydrogens (tertiary/aromatic N) is 3. The highest BCUT2D eigenvalue weighted by Crippen LogP contribution is 2.22. The quantitative estimate of drug-likeness (QED) is 0.524. The number of hydrogen-bond donors (Lipinski definition) is 1. The second-order valence-electron chi connectivity index (χ2n) is 8.18. The number of benzene rings is 1. The van der Waals surface area contributed by atoms with Crippen molar-refractivity contribution in [3.63, 3.8) is 0 Å². The first-order valence-corrected chi connectivity index (χ1v) is 10.3. The number of ether oxygens (including phenoxy) is 3. The Kier molecular flexibility index (Phi) is 7.55. The monoisotopic (exact) mass is 440 g/mol. The molecule has 170 valence electrons. The number of hydrogen-bond acceptors (Lipinski definition) is 7. The highest BCUT2D eigenvalue weighted by Gasteiger charge is 2.18. The Labute approximate surface area is 186 Å². The van der Waals surface area contributed by atoms with Gasteiger partial charge in [0.1, 0.15) is 11.4 Å². The van der Waals surface area contributed by atoms with Crippen LogP contribution in [0.2, 0.25) is 0 Å². The Bertz CT molecular complexity index is 1070. The summed E-state index contributed by atoms with van der Waals surface area (Å²) in [4.78, 5) is 28.2. The highest BCUT2D eigenvalue weighted by atomic mass is 16.6. The summed E-state index contributed by atoms with van der Waals surface area (Å²) in [6, 6.07) is 11.5. The lowest BCUT2D eigenvalue weighted by Gasteiger charge is -2.19. The van der Waals surface area contributed by atoms with Gasteiger partial charge >= 0.3 is 6.09 Å². The molecule has 3 rings (SSSR count). The molecule has 0 saturated carbocycles. The molecule has 2 heterocycles. The first-order valence-electron chi connectivity index (χ1n) is 10.3. The molecule has 9 heteroatoms. The number of rotatable bonds is 8. The summed E-state index contributed by atoms with van der Waals surface area (Å²) >= 11 is 0. The average Bonchev–Trinajstić information content (AvgIpc) is 3.08. The zero-order valence-electron chi connectivity index (χ0n) is 18.8. The van der Waals surface area contributed by atoms with Crippen LogP contribution in [0.1, 0.15) is 43.7 Å². The molecule has 0 saturated heterocycles. The van der Waals surface area contributed by atoms with E-state index in [0.717, 1.165) is 5.56 Å². The van der Waals surface area contributed by atoms with Crippen molar-refractivity contribution in [1.82, 2.24) is 14.8 Å². The zero-order chi connectivity index (χ0) is 23.1. The van der Waals surface area contributed by atoms with Gasteiger partial charge in [-0.3, -0.25) is 10.1 Å². The lowest BCUT2D eigenvalue weighted by molar-refractivity contribution is 0.0330. The fraction of sp³-hybridized carbons (Fsp3) is 0.391. The molecule has 0 atom stereocenters. The Balaban J connectivity index is 1.63. The third-order valence-corrected chi connectivity index (χ3v) is 4.29. The molecular formula is C23H28N4O5. The van der Waals surface area contributed by atoms with Gasteiger partial charge in [0, 0.05) is 12.3 Å². The van der Waals surface area contributed by atoms with E-state index in [1.807, 2.05) is 30.3 Å². The van der Waals surface area contributed by atoms with E-state index in [0.29, 0.717) is 42.2 Å². The van der Waals surface area contributed by atoms with Crippen molar-refractivity contribution in [1.29, 1.82) is 0 Å². The molecule has 2 aromatic heterocycles. The molecule has 0 aliphatic carbocycles. The van der Waals surface area contributed by atoms with Gasteiger partial charge in [0.2, 0.25) is 5.91 Å². The van der Waals surface area contributed by atoms with Gasteiger partial charge in [-0.25, -0.2) is 9.78 Å². The number of pyridine rings is 1. The van der Waals surface area contributed by atoms with Gasteiger partial charge in [-0.15, -0.1) is 0 Å². The van der Waals surface area contributed by atoms with Crippen LogP contribution in [0.5, 0.6) is 0 Å². The Hall–Kier alpha value is -3.30. The van der Waals surface area contributed by atoms with Crippen LogP contribution in [0.3, 0.4) is 0 Å². The number of aromatic nitrogens is 3. The minimum Gasteiger partial charge on any atom is -0.444 e. The largest absolute Gasteiger partial charge is 0.444 e. The molecule has 0 aliphatic heterocycles. The molecule has 0 unspecified atom stereocenters. The average molecular weight is 441 g/mol. The third kappa shape index (κ3) is 6.60. The molecule has 3 aromatic rings.